The minimum absolute atomic E-state index is 0.0817. The standard InChI is InChI=1S/C15H30O9SSi/c1-13(2,3)26(6,7)21-8-9-10-11(24-14(4,5)23-10)12(16)15(17,22-9)25(18,19)20/h9-12,16-17H,8H2,1-7H3,(H,18,19,20)/t9-,10+,11+,12-,15+/m1/s1. The topological polar surface area (TPSA) is 132 Å². The van der Waals surface area contributed by atoms with Crippen molar-refractivity contribution in [2.45, 2.75) is 88.1 Å². The van der Waals surface area contributed by atoms with Gasteiger partial charge in [0.1, 0.15) is 18.3 Å². The molecule has 0 radical (unpaired) electrons. The largest absolute Gasteiger partial charge is 0.414 e. The number of rotatable bonds is 4. The number of fused-ring (bicyclic) bond motifs is 1. The van der Waals surface area contributed by atoms with Crippen molar-refractivity contribution in [3.05, 3.63) is 0 Å². The molecule has 2 heterocycles. The van der Waals surface area contributed by atoms with E-state index in [1.165, 1.54) is 0 Å². The van der Waals surface area contributed by atoms with Gasteiger partial charge in [0.2, 0.25) is 0 Å². The number of aliphatic hydroxyl groups excluding tert-OH is 1. The molecule has 2 aliphatic heterocycles. The van der Waals surface area contributed by atoms with Crippen LogP contribution < -0.4 is 0 Å². The van der Waals surface area contributed by atoms with Gasteiger partial charge in [0.25, 0.3) is 0 Å². The second-order valence-electron chi connectivity index (χ2n) is 8.84. The van der Waals surface area contributed by atoms with E-state index in [1.54, 1.807) is 13.8 Å². The Morgan fingerprint density at radius 3 is 2.08 bits per heavy atom. The lowest BCUT2D eigenvalue weighted by atomic mass is 9.99. The average Bonchev–Trinajstić information content (AvgIpc) is 2.75. The normalized spacial score (nSPS) is 38.2. The van der Waals surface area contributed by atoms with Crippen LogP contribution in [0.15, 0.2) is 0 Å². The van der Waals surface area contributed by atoms with Crippen molar-refractivity contribution >= 4 is 18.4 Å². The molecule has 0 aromatic rings. The van der Waals surface area contributed by atoms with Gasteiger partial charge in [0.15, 0.2) is 20.2 Å². The fourth-order valence-electron chi connectivity index (χ4n) is 2.76. The van der Waals surface area contributed by atoms with Crippen molar-refractivity contribution in [1.82, 2.24) is 0 Å². The van der Waals surface area contributed by atoms with Crippen LogP contribution in [0.4, 0.5) is 0 Å². The molecule has 0 bridgehead atoms. The molecule has 0 amide bonds. The van der Waals surface area contributed by atoms with Crippen LogP contribution in [0.3, 0.4) is 0 Å². The molecule has 0 aromatic carbocycles. The molecule has 5 atom stereocenters. The zero-order valence-corrected chi connectivity index (χ0v) is 18.0. The lowest BCUT2D eigenvalue weighted by Crippen LogP contribution is -2.67. The fraction of sp³-hybridized carbons (Fsp3) is 1.00. The first-order chi connectivity index (χ1) is 11.4. The quantitative estimate of drug-likeness (QED) is 0.452. The summed E-state index contributed by atoms with van der Waals surface area (Å²) in [6.07, 6.45) is -5.19. The van der Waals surface area contributed by atoms with Crippen LogP contribution in [0.1, 0.15) is 34.6 Å². The van der Waals surface area contributed by atoms with Gasteiger partial charge in [-0.1, -0.05) is 20.8 Å². The van der Waals surface area contributed by atoms with Crippen LogP contribution in [0.25, 0.3) is 0 Å². The molecule has 11 heteroatoms. The van der Waals surface area contributed by atoms with E-state index in [2.05, 4.69) is 0 Å². The van der Waals surface area contributed by atoms with E-state index >= 15 is 0 Å². The highest BCUT2D eigenvalue weighted by Crippen LogP contribution is 2.43. The van der Waals surface area contributed by atoms with Gasteiger partial charge in [-0.05, 0) is 32.0 Å². The fourth-order valence-corrected chi connectivity index (χ4v) is 4.46. The maximum absolute atomic E-state index is 11.7. The summed E-state index contributed by atoms with van der Waals surface area (Å²) in [6.45, 7) is 13.2. The second-order valence-corrected chi connectivity index (χ2v) is 15.2. The van der Waals surface area contributed by atoms with E-state index in [0.29, 0.717) is 0 Å². The van der Waals surface area contributed by atoms with Crippen LogP contribution in [0.5, 0.6) is 0 Å². The summed E-state index contributed by atoms with van der Waals surface area (Å²) in [7, 11) is -7.37. The average molecular weight is 415 g/mol. The predicted molar refractivity (Wildman–Crippen MR) is 94.4 cm³/mol. The van der Waals surface area contributed by atoms with E-state index in [-0.39, 0.29) is 11.6 Å². The smallest absolute Gasteiger partial charge is 0.327 e. The van der Waals surface area contributed by atoms with Crippen LogP contribution in [0.2, 0.25) is 18.1 Å². The Balaban J connectivity index is 2.32. The van der Waals surface area contributed by atoms with Gasteiger partial charge in [0.05, 0.1) is 6.61 Å². The SMILES string of the molecule is CC1(C)O[C@@H]2[C@H](O1)[C@@H](O)[C@@](O)(S(=O)(=O)O)O[C@@H]2CO[Si](C)(C)C(C)(C)C. The third-order valence-electron chi connectivity index (χ3n) is 5.32. The third-order valence-corrected chi connectivity index (χ3v) is 10.9. The van der Waals surface area contributed by atoms with E-state index < -0.39 is 53.8 Å². The number of aliphatic hydroxyl groups is 2. The van der Waals surface area contributed by atoms with Crippen LogP contribution >= 0.6 is 0 Å². The zero-order chi connectivity index (χ0) is 20.3. The molecule has 3 N–H and O–H groups in total. The van der Waals surface area contributed by atoms with E-state index in [9.17, 15) is 23.2 Å². The Morgan fingerprint density at radius 2 is 1.62 bits per heavy atom. The lowest BCUT2D eigenvalue weighted by Gasteiger charge is -2.44. The molecule has 0 saturated carbocycles. The number of hydrogen-bond donors (Lipinski definition) is 3. The Kier molecular flexibility index (Phi) is 5.51. The molecule has 9 nitrogen and oxygen atoms in total. The molecule has 2 saturated heterocycles. The van der Waals surface area contributed by atoms with Gasteiger partial charge in [-0.2, -0.15) is 8.42 Å². The summed E-state index contributed by atoms with van der Waals surface area (Å²) in [6, 6.07) is 0. The highest BCUT2D eigenvalue weighted by atomic mass is 32.2. The summed E-state index contributed by atoms with van der Waals surface area (Å²) >= 11 is 0. The van der Waals surface area contributed by atoms with Gasteiger partial charge < -0.3 is 28.8 Å². The Hall–Kier alpha value is -0.113. The molecular formula is C15H30O9SSi. The second kappa shape index (κ2) is 6.46. The lowest BCUT2D eigenvalue weighted by molar-refractivity contribution is -0.291. The van der Waals surface area contributed by atoms with Crippen molar-refractivity contribution in [2.75, 3.05) is 6.61 Å². The predicted octanol–water partition coefficient (Wildman–Crippen LogP) is 0.822. The molecule has 0 aliphatic carbocycles. The molecular weight excluding hydrogens is 384 g/mol. The molecule has 2 aliphatic rings. The molecule has 26 heavy (non-hydrogen) atoms. The first-order valence-electron chi connectivity index (χ1n) is 8.46. The minimum Gasteiger partial charge on any atom is -0.414 e. The summed E-state index contributed by atoms with van der Waals surface area (Å²) in [5.74, 6) is -1.13. The highest BCUT2D eigenvalue weighted by Gasteiger charge is 2.65. The van der Waals surface area contributed by atoms with Gasteiger partial charge >= 0.3 is 15.2 Å². The first kappa shape index (κ1) is 22.2. The van der Waals surface area contributed by atoms with Gasteiger partial charge in [0, 0.05) is 0 Å². The summed E-state index contributed by atoms with van der Waals surface area (Å²) in [5.41, 5.74) is 0. The van der Waals surface area contributed by atoms with Crippen LogP contribution in [-0.4, -0.2) is 73.4 Å². The van der Waals surface area contributed by atoms with Crippen molar-refractivity contribution < 1.29 is 41.8 Å². The summed E-state index contributed by atoms with van der Waals surface area (Å²) in [5, 5.41) is 17.3. The molecule has 0 spiro atoms. The summed E-state index contributed by atoms with van der Waals surface area (Å²) < 4.78 is 55.3. The first-order valence-corrected chi connectivity index (χ1v) is 12.8. The van der Waals surface area contributed by atoms with Gasteiger partial charge in [-0.3, -0.25) is 4.55 Å². The highest BCUT2D eigenvalue weighted by molar-refractivity contribution is 7.86. The Morgan fingerprint density at radius 1 is 1.12 bits per heavy atom. The third kappa shape index (κ3) is 3.87. The molecule has 0 aromatic heterocycles. The van der Waals surface area contributed by atoms with Crippen LogP contribution in [-0.2, 0) is 28.8 Å². The number of hydrogen-bond acceptors (Lipinski definition) is 8. The van der Waals surface area contributed by atoms with Crippen molar-refractivity contribution in [2.24, 2.45) is 0 Å². The van der Waals surface area contributed by atoms with Crippen molar-refractivity contribution in [1.29, 1.82) is 0 Å². The molecule has 0 unspecified atom stereocenters. The molecule has 2 rings (SSSR count). The van der Waals surface area contributed by atoms with Crippen molar-refractivity contribution in [3.63, 3.8) is 0 Å². The maximum Gasteiger partial charge on any atom is 0.327 e. The molecule has 2 fully saturated rings. The number of ether oxygens (including phenoxy) is 3. The Bertz CT molecular complexity index is 642. The monoisotopic (exact) mass is 414 g/mol. The minimum atomic E-state index is -5.16. The van der Waals surface area contributed by atoms with Gasteiger partial charge in [-0.15, -0.1) is 0 Å². The zero-order valence-electron chi connectivity index (χ0n) is 16.2. The van der Waals surface area contributed by atoms with E-state index in [0.717, 1.165) is 0 Å². The molecule has 154 valence electrons. The van der Waals surface area contributed by atoms with E-state index in [4.69, 9.17) is 18.6 Å². The summed E-state index contributed by atoms with van der Waals surface area (Å²) in [4.78, 5) is 0. The Labute approximate surface area is 155 Å². The maximum atomic E-state index is 11.7. The van der Waals surface area contributed by atoms with Gasteiger partial charge in [-0.25, -0.2) is 0 Å². The van der Waals surface area contributed by atoms with E-state index in [1.807, 2.05) is 33.9 Å². The van der Waals surface area contributed by atoms with Crippen molar-refractivity contribution in [3.8, 4) is 0 Å². The van der Waals surface area contributed by atoms with Crippen LogP contribution in [0, 0.1) is 0 Å².